The zero-order valence-corrected chi connectivity index (χ0v) is 23.1. The Labute approximate surface area is 239 Å². The normalized spacial score (nSPS) is 15.0. The summed E-state index contributed by atoms with van der Waals surface area (Å²) in [5, 5.41) is 20.7. The van der Waals surface area contributed by atoms with E-state index in [-0.39, 0.29) is 23.1 Å². The first-order valence-corrected chi connectivity index (χ1v) is 13.5. The van der Waals surface area contributed by atoms with Gasteiger partial charge in [-0.15, -0.1) is 0 Å². The number of allylic oxidation sites excluding steroid dienone is 2. The predicted molar refractivity (Wildman–Crippen MR) is 155 cm³/mol. The van der Waals surface area contributed by atoms with Crippen LogP contribution in [0.3, 0.4) is 0 Å². The van der Waals surface area contributed by atoms with Crippen molar-refractivity contribution in [1.82, 2.24) is 5.32 Å². The third-order valence-electron chi connectivity index (χ3n) is 5.69. The molecule has 10 heteroatoms. The van der Waals surface area contributed by atoms with Crippen LogP contribution >= 0.6 is 46.6 Å². The van der Waals surface area contributed by atoms with Crippen molar-refractivity contribution in [3.8, 4) is 6.07 Å². The number of hydrogen-bond donors (Lipinski definition) is 3. The lowest BCUT2D eigenvalue weighted by molar-refractivity contribution is -0.114. The van der Waals surface area contributed by atoms with Crippen LogP contribution in [0.2, 0.25) is 15.1 Å². The molecule has 0 aliphatic carbocycles. The summed E-state index contributed by atoms with van der Waals surface area (Å²) >= 11 is 19.9. The van der Waals surface area contributed by atoms with Gasteiger partial charge >= 0.3 is 0 Å². The molecule has 4 rings (SSSR count). The molecule has 1 heterocycles. The number of carbonyl (C=O) groups is 2. The van der Waals surface area contributed by atoms with Crippen LogP contribution in [-0.2, 0) is 9.59 Å². The molecule has 3 aromatic carbocycles. The van der Waals surface area contributed by atoms with Crippen LogP contribution in [0.1, 0.15) is 18.4 Å². The molecule has 0 spiro atoms. The number of amides is 2. The molecular formula is C28H21Cl3N4O2S. The van der Waals surface area contributed by atoms with Crippen molar-refractivity contribution < 1.29 is 9.59 Å². The average molecular weight is 584 g/mol. The zero-order chi connectivity index (χ0) is 27.2. The topological polar surface area (TPSA) is 94.0 Å². The molecule has 3 aromatic rings. The Bertz CT molecular complexity index is 1500. The minimum atomic E-state index is -0.744. The number of nitrogens with zero attached hydrogens (tertiary/aromatic N) is 1. The molecule has 0 aromatic heterocycles. The number of hydrogen-bond acceptors (Lipinski definition) is 5. The highest BCUT2D eigenvalue weighted by Crippen LogP contribution is 2.43. The molecule has 0 fully saturated rings. The van der Waals surface area contributed by atoms with E-state index in [0.29, 0.717) is 48.3 Å². The lowest BCUT2D eigenvalue weighted by Crippen LogP contribution is -2.31. The fourth-order valence-electron chi connectivity index (χ4n) is 3.98. The molecule has 1 aliphatic heterocycles. The minimum absolute atomic E-state index is 0.0234. The van der Waals surface area contributed by atoms with Crippen LogP contribution in [0.15, 0.2) is 94.7 Å². The standard InChI is InChI=1S/C28H21Cl3N4O2S/c1-16-25(27(37)34-18-7-3-2-4-8-18)26(19-9-5-6-10-21(19)30)20(14-32)28(33-16)38-15-24(36)35-23-13-17(29)11-12-22(23)31/h2-13,26,33H,15H2,1H3,(H,34,37)(H,35,36). The van der Waals surface area contributed by atoms with Gasteiger partial charge in [0.1, 0.15) is 0 Å². The summed E-state index contributed by atoms with van der Waals surface area (Å²) in [6.45, 7) is 1.75. The lowest BCUT2D eigenvalue weighted by atomic mass is 9.82. The third kappa shape index (κ3) is 6.35. The highest BCUT2D eigenvalue weighted by atomic mass is 35.5. The van der Waals surface area contributed by atoms with Gasteiger partial charge in [0.05, 0.1) is 39.1 Å². The van der Waals surface area contributed by atoms with Crippen LogP contribution in [0.4, 0.5) is 11.4 Å². The maximum absolute atomic E-state index is 13.5. The van der Waals surface area contributed by atoms with E-state index in [1.54, 1.807) is 61.5 Å². The first kappa shape index (κ1) is 27.6. The van der Waals surface area contributed by atoms with Gasteiger partial charge in [-0.25, -0.2) is 0 Å². The van der Waals surface area contributed by atoms with Gasteiger partial charge in [-0.3, -0.25) is 9.59 Å². The van der Waals surface area contributed by atoms with Gasteiger partial charge in [0.25, 0.3) is 5.91 Å². The molecule has 2 amide bonds. The minimum Gasteiger partial charge on any atom is -0.353 e. The van der Waals surface area contributed by atoms with Crippen LogP contribution in [0.5, 0.6) is 0 Å². The number of benzene rings is 3. The number of nitrogens with one attached hydrogen (secondary N) is 3. The van der Waals surface area contributed by atoms with Gasteiger partial charge in [-0.1, -0.05) is 83.0 Å². The monoisotopic (exact) mass is 582 g/mol. The first-order chi connectivity index (χ1) is 18.3. The van der Waals surface area contributed by atoms with Crippen LogP contribution in [-0.4, -0.2) is 17.6 Å². The Morgan fingerprint density at radius 1 is 0.974 bits per heavy atom. The molecule has 1 atom stereocenters. The summed E-state index contributed by atoms with van der Waals surface area (Å²) in [6, 6.07) is 23.1. The Kier molecular flexibility index (Phi) is 9.03. The fraction of sp³-hybridized carbons (Fsp3) is 0.107. The molecule has 6 nitrogen and oxygen atoms in total. The molecule has 3 N–H and O–H groups in total. The molecule has 1 aliphatic rings. The molecule has 38 heavy (non-hydrogen) atoms. The van der Waals surface area contributed by atoms with E-state index in [1.807, 2.05) is 18.2 Å². The van der Waals surface area contributed by atoms with Crippen molar-refractivity contribution in [3.63, 3.8) is 0 Å². The van der Waals surface area contributed by atoms with Crippen molar-refractivity contribution >= 4 is 69.8 Å². The van der Waals surface area contributed by atoms with E-state index in [9.17, 15) is 14.9 Å². The zero-order valence-electron chi connectivity index (χ0n) is 20.0. The van der Waals surface area contributed by atoms with E-state index in [1.165, 1.54) is 0 Å². The van der Waals surface area contributed by atoms with Gasteiger partial charge in [0, 0.05) is 27.0 Å². The summed E-state index contributed by atoms with van der Waals surface area (Å²) in [4.78, 5) is 26.2. The van der Waals surface area contributed by atoms with Crippen LogP contribution in [0.25, 0.3) is 0 Å². The van der Waals surface area contributed by atoms with Crippen molar-refractivity contribution in [1.29, 1.82) is 5.26 Å². The maximum Gasteiger partial charge on any atom is 0.254 e. The number of rotatable bonds is 7. The molecule has 0 saturated carbocycles. The molecule has 0 bridgehead atoms. The van der Waals surface area contributed by atoms with Gasteiger partial charge in [-0.2, -0.15) is 5.26 Å². The Morgan fingerprint density at radius 3 is 2.39 bits per heavy atom. The number of halogens is 3. The average Bonchev–Trinajstić information content (AvgIpc) is 2.90. The summed E-state index contributed by atoms with van der Waals surface area (Å²) in [5.74, 6) is -1.47. The number of dihydropyridines is 1. The van der Waals surface area contributed by atoms with Gasteiger partial charge in [-0.05, 0) is 48.9 Å². The molecule has 0 radical (unpaired) electrons. The molecular weight excluding hydrogens is 563 g/mol. The van der Waals surface area contributed by atoms with Gasteiger partial charge in [0.15, 0.2) is 0 Å². The lowest BCUT2D eigenvalue weighted by Gasteiger charge is -2.30. The summed E-state index contributed by atoms with van der Waals surface area (Å²) < 4.78 is 0. The largest absolute Gasteiger partial charge is 0.353 e. The summed E-state index contributed by atoms with van der Waals surface area (Å²) in [7, 11) is 0. The number of anilines is 2. The van der Waals surface area contributed by atoms with E-state index in [4.69, 9.17) is 34.8 Å². The Balaban J connectivity index is 1.64. The fourth-order valence-corrected chi connectivity index (χ4v) is 5.46. The van der Waals surface area contributed by atoms with E-state index < -0.39 is 5.92 Å². The number of thioether (sulfide) groups is 1. The maximum atomic E-state index is 13.5. The van der Waals surface area contributed by atoms with E-state index in [0.717, 1.165) is 11.8 Å². The number of para-hydroxylation sites is 1. The van der Waals surface area contributed by atoms with Crippen LogP contribution in [0, 0.1) is 11.3 Å². The molecule has 192 valence electrons. The second-order valence-corrected chi connectivity index (χ2v) is 10.5. The first-order valence-electron chi connectivity index (χ1n) is 11.4. The highest BCUT2D eigenvalue weighted by molar-refractivity contribution is 8.03. The van der Waals surface area contributed by atoms with E-state index in [2.05, 4.69) is 22.0 Å². The third-order valence-corrected chi connectivity index (χ3v) is 7.62. The Morgan fingerprint density at radius 2 is 1.68 bits per heavy atom. The predicted octanol–water partition coefficient (Wildman–Crippen LogP) is 7.35. The van der Waals surface area contributed by atoms with Gasteiger partial charge in [0.2, 0.25) is 5.91 Å². The summed E-state index contributed by atoms with van der Waals surface area (Å²) in [5.41, 5.74) is 2.80. The van der Waals surface area contributed by atoms with Crippen molar-refractivity contribution in [2.75, 3.05) is 16.4 Å². The van der Waals surface area contributed by atoms with Crippen LogP contribution < -0.4 is 16.0 Å². The smallest absolute Gasteiger partial charge is 0.254 e. The quantitative estimate of drug-likeness (QED) is 0.270. The number of nitriles is 1. The van der Waals surface area contributed by atoms with Crippen molar-refractivity contribution in [3.05, 3.63) is 115 Å². The van der Waals surface area contributed by atoms with Crippen molar-refractivity contribution in [2.24, 2.45) is 0 Å². The SMILES string of the molecule is CC1=C(C(=O)Nc2ccccc2)C(c2ccccc2Cl)C(C#N)=C(SCC(=O)Nc2cc(Cl)ccc2Cl)N1. The van der Waals surface area contributed by atoms with Crippen molar-refractivity contribution in [2.45, 2.75) is 12.8 Å². The molecule has 0 saturated heterocycles. The summed E-state index contributed by atoms with van der Waals surface area (Å²) in [6.07, 6.45) is 0. The molecule has 1 unspecified atom stereocenters. The number of carbonyl (C=O) groups excluding carboxylic acids is 2. The van der Waals surface area contributed by atoms with E-state index >= 15 is 0 Å². The second-order valence-electron chi connectivity index (χ2n) is 8.25. The highest BCUT2D eigenvalue weighted by Gasteiger charge is 2.36. The Hall–Kier alpha value is -3.41. The van der Waals surface area contributed by atoms with Gasteiger partial charge < -0.3 is 16.0 Å². The second kappa shape index (κ2) is 12.4.